The number of unbranched alkanes of at least 4 members (excludes halogenated alkanes) is 1. The van der Waals surface area contributed by atoms with Gasteiger partial charge in [0, 0.05) is 19.5 Å². The standard InChI is InChI=1S/C37H72N4O18/c38-33(37(39)47)3-1-2-5-40-34(42)4-7-48-9-11-50-13-15-52-17-19-54-21-23-56-25-27-58-29-30-59-28-26-57-24-22-55-20-18-53-16-14-51-12-10-49-8-6-41(31-35(43)44)32-36(45)46/h33H,1-32,38H2,(H2,39,47)(H,40,42)(H,43,44)(H,45,46)/t33-/m0/s1. The molecule has 2 amide bonds. The summed E-state index contributed by atoms with van der Waals surface area (Å²) in [5.41, 5.74) is 10.7. The number of carboxylic acids is 2. The summed E-state index contributed by atoms with van der Waals surface area (Å²) >= 11 is 0. The van der Waals surface area contributed by atoms with Gasteiger partial charge in [-0.1, -0.05) is 0 Å². The number of nitrogens with two attached hydrogens (primary N) is 2. The van der Waals surface area contributed by atoms with E-state index in [1.165, 1.54) is 4.90 Å². The van der Waals surface area contributed by atoms with Crippen molar-refractivity contribution in [2.45, 2.75) is 31.7 Å². The molecule has 59 heavy (non-hydrogen) atoms. The second-order valence-electron chi connectivity index (χ2n) is 12.5. The van der Waals surface area contributed by atoms with Crippen molar-refractivity contribution in [1.82, 2.24) is 10.2 Å². The normalized spacial score (nSPS) is 12.0. The number of primary amides is 1. The van der Waals surface area contributed by atoms with Gasteiger partial charge in [-0.3, -0.25) is 24.1 Å². The molecular formula is C37H72N4O18. The minimum Gasteiger partial charge on any atom is -0.480 e. The molecule has 0 bridgehead atoms. The van der Waals surface area contributed by atoms with Gasteiger partial charge in [0.1, 0.15) is 0 Å². The topological polar surface area (TPSA) is 287 Å². The van der Waals surface area contributed by atoms with E-state index in [4.69, 9.17) is 78.5 Å². The molecule has 7 N–H and O–H groups in total. The van der Waals surface area contributed by atoms with Crippen LogP contribution < -0.4 is 16.8 Å². The Morgan fingerprint density at radius 3 is 1.03 bits per heavy atom. The number of carbonyl (C=O) groups excluding carboxylic acids is 2. The molecule has 0 heterocycles. The van der Waals surface area contributed by atoms with Crippen LogP contribution in [0.3, 0.4) is 0 Å². The van der Waals surface area contributed by atoms with Gasteiger partial charge < -0.3 is 83.8 Å². The van der Waals surface area contributed by atoms with Gasteiger partial charge in [0.15, 0.2) is 0 Å². The lowest BCUT2D eigenvalue weighted by Gasteiger charge is -2.17. The van der Waals surface area contributed by atoms with Crippen LogP contribution in [0.1, 0.15) is 25.7 Å². The van der Waals surface area contributed by atoms with E-state index in [-0.39, 0.29) is 38.6 Å². The zero-order chi connectivity index (χ0) is 43.3. The molecular weight excluding hydrogens is 788 g/mol. The number of carboxylic acid groups (broad SMARTS) is 2. The highest BCUT2D eigenvalue weighted by atomic mass is 16.6. The summed E-state index contributed by atoms with van der Waals surface area (Å²) in [7, 11) is 0. The molecule has 348 valence electrons. The van der Waals surface area contributed by atoms with Gasteiger partial charge in [0.25, 0.3) is 0 Å². The van der Waals surface area contributed by atoms with Crippen molar-refractivity contribution in [3.05, 3.63) is 0 Å². The molecule has 1 atom stereocenters. The Bertz CT molecular complexity index is 974. The molecule has 22 heteroatoms. The zero-order valence-corrected chi connectivity index (χ0v) is 34.7. The van der Waals surface area contributed by atoms with E-state index in [2.05, 4.69) is 5.32 Å². The average molecular weight is 861 g/mol. The maximum Gasteiger partial charge on any atom is 0.317 e. The summed E-state index contributed by atoms with van der Waals surface area (Å²) in [6, 6.07) is -0.638. The number of aliphatic carboxylic acids is 2. The number of ether oxygens (including phenoxy) is 12. The van der Waals surface area contributed by atoms with Crippen LogP contribution in [-0.4, -0.2) is 230 Å². The first-order chi connectivity index (χ1) is 28.7. The summed E-state index contributed by atoms with van der Waals surface area (Å²) in [5, 5.41) is 20.4. The van der Waals surface area contributed by atoms with E-state index in [1.54, 1.807) is 0 Å². The van der Waals surface area contributed by atoms with Crippen molar-refractivity contribution in [2.75, 3.05) is 185 Å². The van der Waals surface area contributed by atoms with Crippen LogP contribution in [0.5, 0.6) is 0 Å². The molecule has 0 aromatic heterocycles. The Kier molecular flexibility index (Phi) is 42.8. The highest BCUT2D eigenvalue weighted by molar-refractivity contribution is 5.79. The van der Waals surface area contributed by atoms with Gasteiger partial charge in [-0.25, -0.2) is 0 Å². The minimum atomic E-state index is -1.09. The van der Waals surface area contributed by atoms with Crippen molar-refractivity contribution in [3.8, 4) is 0 Å². The molecule has 0 unspecified atom stereocenters. The van der Waals surface area contributed by atoms with Crippen LogP contribution in [-0.2, 0) is 76.0 Å². The maximum absolute atomic E-state index is 11.8. The fourth-order valence-corrected chi connectivity index (χ4v) is 4.42. The highest BCUT2D eigenvalue weighted by Crippen LogP contribution is 1.98. The number of nitrogens with one attached hydrogen (secondary N) is 1. The van der Waals surface area contributed by atoms with E-state index < -0.39 is 23.9 Å². The Labute approximate surface area is 347 Å². The molecule has 0 saturated carbocycles. The summed E-state index contributed by atoms with van der Waals surface area (Å²) in [4.78, 5) is 45.5. The second-order valence-corrected chi connectivity index (χ2v) is 12.5. The SMILES string of the molecule is NC(=O)[C@@H](N)CCCCNC(=O)CCOCCOCCOCCOCCOCCOCCOCCOCCOCCOCCOCCOCCN(CC(=O)O)CC(=O)O. The summed E-state index contributed by atoms with van der Waals surface area (Å²) in [6.45, 7) is 9.92. The van der Waals surface area contributed by atoms with Crippen LogP contribution in [0, 0.1) is 0 Å². The Morgan fingerprint density at radius 1 is 0.458 bits per heavy atom. The molecule has 0 aromatic rings. The van der Waals surface area contributed by atoms with E-state index in [0.29, 0.717) is 171 Å². The van der Waals surface area contributed by atoms with E-state index >= 15 is 0 Å². The second kappa shape index (κ2) is 44.9. The van der Waals surface area contributed by atoms with Crippen LogP contribution >= 0.6 is 0 Å². The average Bonchev–Trinajstić information content (AvgIpc) is 3.19. The van der Waals surface area contributed by atoms with E-state index in [0.717, 1.165) is 6.42 Å². The number of nitrogens with zero attached hydrogens (tertiary/aromatic N) is 1. The van der Waals surface area contributed by atoms with Crippen LogP contribution in [0.2, 0.25) is 0 Å². The summed E-state index contributed by atoms with van der Waals surface area (Å²) < 4.78 is 65.3. The predicted octanol–water partition coefficient (Wildman–Crippen LogP) is -1.85. The number of rotatable bonds is 49. The lowest BCUT2D eigenvalue weighted by Crippen LogP contribution is -2.37. The van der Waals surface area contributed by atoms with Crippen molar-refractivity contribution in [3.63, 3.8) is 0 Å². The van der Waals surface area contributed by atoms with Crippen molar-refractivity contribution >= 4 is 23.8 Å². The van der Waals surface area contributed by atoms with Gasteiger partial charge in [-0.15, -0.1) is 0 Å². The van der Waals surface area contributed by atoms with Crippen molar-refractivity contribution in [2.24, 2.45) is 11.5 Å². The molecule has 0 fully saturated rings. The third-order valence-corrected chi connectivity index (χ3v) is 7.46. The van der Waals surface area contributed by atoms with Gasteiger partial charge in [-0.2, -0.15) is 0 Å². The van der Waals surface area contributed by atoms with Crippen molar-refractivity contribution in [1.29, 1.82) is 0 Å². The van der Waals surface area contributed by atoms with Gasteiger partial charge in [-0.05, 0) is 19.3 Å². The molecule has 0 aromatic carbocycles. The first kappa shape index (κ1) is 56.3. The van der Waals surface area contributed by atoms with E-state index in [9.17, 15) is 19.2 Å². The van der Waals surface area contributed by atoms with Crippen LogP contribution in [0.25, 0.3) is 0 Å². The molecule has 0 rings (SSSR count). The number of amides is 2. The van der Waals surface area contributed by atoms with E-state index in [1.807, 2.05) is 0 Å². The molecule has 0 aliphatic heterocycles. The Balaban J connectivity index is 3.20. The Hall–Kier alpha value is -2.68. The van der Waals surface area contributed by atoms with Crippen molar-refractivity contribution < 1.29 is 86.2 Å². The molecule has 0 aliphatic carbocycles. The number of carbonyl (C=O) groups is 4. The third kappa shape index (κ3) is 46.2. The number of hydrogen-bond acceptors (Lipinski definition) is 18. The zero-order valence-electron chi connectivity index (χ0n) is 34.7. The Morgan fingerprint density at radius 2 is 0.746 bits per heavy atom. The van der Waals surface area contributed by atoms with Gasteiger partial charge in [0.2, 0.25) is 11.8 Å². The van der Waals surface area contributed by atoms with Crippen LogP contribution in [0.4, 0.5) is 0 Å². The maximum atomic E-state index is 11.8. The quantitative estimate of drug-likeness (QED) is 0.0420. The first-order valence-electron chi connectivity index (χ1n) is 20.1. The lowest BCUT2D eigenvalue weighted by molar-refractivity contribution is -0.142. The van der Waals surface area contributed by atoms with Gasteiger partial charge in [0.05, 0.1) is 178 Å². The molecule has 22 nitrogen and oxygen atoms in total. The fraction of sp³-hybridized carbons (Fsp3) is 0.892. The predicted molar refractivity (Wildman–Crippen MR) is 210 cm³/mol. The molecule has 0 aliphatic rings. The monoisotopic (exact) mass is 860 g/mol. The number of hydrogen-bond donors (Lipinski definition) is 5. The minimum absolute atomic E-state index is 0.0924. The summed E-state index contributed by atoms with van der Waals surface area (Å²) in [6.07, 6.45) is 2.22. The van der Waals surface area contributed by atoms with Gasteiger partial charge >= 0.3 is 11.9 Å². The largest absolute Gasteiger partial charge is 0.480 e. The summed E-state index contributed by atoms with van der Waals surface area (Å²) in [5.74, 6) is -2.80. The fourth-order valence-electron chi connectivity index (χ4n) is 4.42. The molecule has 0 radical (unpaired) electrons. The first-order valence-corrected chi connectivity index (χ1v) is 20.1. The smallest absolute Gasteiger partial charge is 0.317 e. The highest BCUT2D eigenvalue weighted by Gasteiger charge is 2.13. The third-order valence-electron chi connectivity index (χ3n) is 7.46. The van der Waals surface area contributed by atoms with Crippen LogP contribution in [0.15, 0.2) is 0 Å². The molecule has 0 saturated heterocycles. The molecule has 0 spiro atoms. The lowest BCUT2D eigenvalue weighted by atomic mass is 10.1.